The first-order valence-electron chi connectivity index (χ1n) is 8.64. The fourth-order valence-corrected chi connectivity index (χ4v) is 2.80. The van der Waals surface area contributed by atoms with Gasteiger partial charge in [0.2, 0.25) is 5.91 Å². The maximum Gasteiger partial charge on any atom is 0.220 e. The number of hydrogen-bond acceptors (Lipinski definition) is 5. The summed E-state index contributed by atoms with van der Waals surface area (Å²) in [6.45, 7) is 3.88. The highest BCUT2D eigenvalue weighted by molar-refractivity contribution is 5.76. The number of nitrogens with zero attached hydrogens (tertiary/aromatic N) is 4. The van der Waals surface area contributed by atoms with Crippen molar-refractivity contribution in [3.8, 4) is 11.4 Å². The van der Waals surface area contributed by atoms with Crippen molar-refractivity contribution < 1.29 is 4.79 Å². The van der Waals surface area contributed by atoms with Crippen LogP contribution in [-0.4, -0.2) is 31.1 Å². The minimum atomic E-state index is -0.136. The lowest BCUT2D eigenvalue weighted by Crippen LogP contribution is -2.27. The number of amides is 1. The topological polar surface area (TPSA) is 96.5 Å². The molecule has 3 aromatic rings. The fourth-order valence-electron chi connectivity index (χ4n) is 2.80. The molecule has 3 heterocycles. The van der Waals surface area contributed by atoms with E-state index in [2.05, 4.69) is 30.5 Å². The van der Waals surface area contributed by atoms with Crippen LogP contribution in [0.25, 0.3) is 11.4 Å². The Bertz CT molecular complexity index is 848. The molecule has 0 aliphatic carbocycles. The van der Waals surface area contributed by atoms with E-state index in [-0.39, 0.29) is 11.9 Å². The standard InChI is InChI=1S/C19H22N6O/c1-13(24-18(26)5-3-4-15-10-22-23-11-15)17-12-21-19(25-14(17)2)16-6-8-20-9-7-16/h6-13H,3-5H2,1-2H3,(H,22,23)(H,24,26)/t13-/m1/s1. The first-order valence-corrected chi connectivity index (χ1v) is 8.64. The first-order chi connectivity index (χ1) is 12.6. The van der Waals surface area contributed by atoms with Gasteiger partial charge >= 0.3 is 0 Å². The Kier molecular flexibility index (Phi) is 5.68. The quantitative estimate of drug-likeness (QED) is 0.683. The van der Waals surface area contributed by atoms with Gasteiger partial charge in [-0.25, -0.2) is 9.97 Å². The molecule has 26 heavy (non-hydrogen) atoms. The molecule has 0 fully saturated rings. The second-order valence-corrected chi connectivity index (χ2v) is 6.22. The second-order valence-electron chi connectivity index (χ2n) is 6.22. The second kappa shape index (κ2) is 8.33. The van der Waals surface area contributed by atoms with Crippen LogP contribution in [0.3, 0.4) is 0 Å². The van der Waals surface area contributed by atoms with Gasteiger partial charge in [0, 0.05) is 48.0 Å². The molecule has 0 aromatic carbocycles. The predicted molar refractivity (Wildman–Crippen MR) is 98.1 cm³/mol. The molecule has 0 saturated heterocycles. The Morgan fingerprint density at radius 2 is 2.08 bits per heavy atom. The van der Waals surface area contributed by atoms with Crippen molar-refractivity contribution in [3.05, 3.63) is 59.9 Å². The van der Waals surface area contributed by atoms with Crippen molar-refractivity contribution in [1.82, 2.24) is 30.5 Å². The molecule has 0 saturated carbocycles. The molecule has 0 aliphatic heterocycles. The molecule has 0 radical (unpaired) electrons. The van der Waals surface area contributed by atoms with E-state index in [4.69, 9.17) is 0 Å². The van der Waals surface area contributed by atoms with Crippen LogP contribution in [0.2, 0.25) is 0 Å². The van der Waals surface area contributed by atoms with Crippen LogP contribution in [0.15, 0.2) is 43.1 Å². The van der Waals surface area contributed by atoms with E-state index in [1.807, 2.05) is 32.2 Å². The van der Waals surface area contributed by atoms with Gasteiger partial charge in [-0.2, -0.15) is 5.10 Å². The zero-order valence-corrected chi connectivity index (χ0v) is 14.9. The molecule has 134 valence electrons. The maximum absolute atomic E-state index is 12.2. The van der Waals surface area contributed by atoms with Crippen LogP contribution >= 0.6 is 0 Å². The molecule has 1 atom stereocenters. The highest BCUT2D eigenvalue weighted by atomic mass is 16.1. The van der Waals surface area contributed by atoms with Crippen molar-refractivity contribution in [2.24, 2.45) is 0 Å². The summed E-state index contributed by atoms with van der Waals surface area (Å²) in [4.78, 5) is 25.2. The van der Waals surface area contributed by atoms with E-state index in [1.54, 1.807) is 24.8 Å². The van der Waals surface area contributed by atoms with Crippen LogP contribution in [0.4, 0.5) is 0 Å². The van der Waals surface area contributed by atoms with Gasteiger partial charge in [0.15, 0.2) is 5.82 Å². The SMILES string of the molecule is Cc1nc(-c2ccncc2)ncc1[C@@H](C)NC(=O)CCCc1cn[nH]c1. The molecule has 7 nitrogen and oxygen atoms in total. The molecule has 3 rings (SSSR count). The van der Waals surface area contributed by atoms with E-state index >= 15 is 0 Å². The van der Waals surface area contributed by atoms with E-state index < -0.39 is 0 Å². The lowest BCUT2D eigenvalue weighted by Gasteiger charge is -2.16. The average molecular weight is 350 g/mol. The maximum atomic E-state index is 12.2. The average Bonchev–Trinajstić information content (AvgIpc) is 3.15. The summed E-state index contributed by atoms with van der Waals surface area (Å²) >= 11 is 0. The number of H-pyrrole nitrogens is 1. The number of carbonyl (C=O) groups is 1. The predicted octanol–water partition coefficient (Wildman–Crippen LogP) is 2.77. The summed E-state index contributed by atoms with van der Waals surface area (Å²) < 4.78 is 0. The number of pyridine rings is 1. The Morgan fingerprint density at radius 3 is 2.77 bits per heavy atom. The third-order valence-corrected chi connectivity index (χ3v) is 4.22. The number of aromatic amines is 1. The summed E-state index contributed by atoms with van der Waals surface area (Å²) in [6, 6.07) is 3.61. The van der Waals surface area contributed by atoms with Crippen molar-refractivity contribution >= 4 is 5.91 Å². The van der Waals surface area contributed by atoms with Gasteiger partial charge in [-0.15, -0.1) is 0 Å². The molecule has 1 amide bonds. The lowest BCUT2D eigenvalue weighted by atomic mass is 10.1. The number of nitrogens with one attached hydrogen (secondary N) is 2. The smallest absolute Gasteiger partial charge is 0.220 e. The van der Waals surface area contributed by atoms with Gasteiger partial charge in [0.1, 0.15) is 0 Å². The number of carbonyl (C=O) groups excluding carboxylic acids is 1. The zero-order chi connectivity index (χ0) is 18.4. The van der Waals surface area contributed by atoms with Gasteiger partial charge in [0.05, 0.1) is 12.2 Å². The molecule has 0 spiro atoms. The third kappa shape index (κ3) is 4.50. The number of aromatic nitrogens is 5. The minimum absolute atomic E-state index is 0.0265. The van der Waals surface area contributed by atoms with E-state index in [0.29, 0.717) is 12.2 Å². The van der Waals surface area contributed by atoms with E-state index in [9.17, 15) is 4.79 Å². The monoisotopic (exact) mass is 350 g/mol. The summed E-state index contributed by atoms with van der Waals surface area (Å²) in [7, 11) is 0. The number of hydrogen-bond donors (Lipinski definition) is 2. The van der Waals surface area contributed by atoms with Crippen molar-refractivity contribution in [1.29, 1.82) is 0 Å². The van der Waals surface area contributed by atoms with Crippen molar-refractivity contribution in [2.45, 2.75) is 39.2 Å². The van der Waals surface area contributed by atoms with Crippen LogP contribution < -0.4 is 5.32 Å². The summed E-state index contributed by atoms with van der Waals surface area (Å²) in [5.41, 5.74) is 3.82. The van der Waals surface area contributed by atoms with Gasteiger partial charge in [0.25, 0.3) is 0 Å². The summed E-state index contributed by atoms with van der Waals surface area (Å²) in [6.07, 6.45) is 11.0. The van der Waals surface area contributed by atoms with Crippen LogP contribution in [0.5, 0.6) is 0 Å². The Balaban J connectivity index is 1.57. The molecular formula is C19H22N6O. The first kappa shape index (κ1) is 17.7. The Morgan fingerprint density at radius 1 is 1.27 bits per heavy atom. The van der Waals surface area contributed by atoms with Crippen LogP contribution in [0, 0.1) is 6.92 Å². The highest BCUT2D eigenvalue weighted by Gasteiger charge is 2.14. The summed E-state index contributed by atoms with van der Waals surface area (Å²) in [5, 5.41) is 9.70. The fraction of sp³-hybridized carbons (Fsp3) is 0.316. The normalized spacial score (nSPS) is 11.9. The molecule has 2 N–H and O–H groups in total. The van der Waals surface area contributed by atoms with E-state index in [1.165, 1.54) is 0 Å². The molecule has 3 aromatic heterocycles. The third-order valence-electron chi connectivity index (χ3n) is 4.22. The van der Waals surface area contributed by atoms with Gasteiger partial charge in [-0.1, -0.05) is 0 Å². The molecule has 0 unspecified atom stereocenters. The zero-order valence-electron chi connectivity index (χ0n) is 14.9. The largest absolute Gasteiger partial charge is 0.349 e. The van der Waals surface area contributed by atoms with Crippen LogP contribution in [-0.2, 0) is 11.2 Å². The summed E-state index contributed by atoms with van der Waals surface area (Å²) in [5.74, 6) is 0.686. The molecular weight excluding hydrogens is 328 g/mol. The van der Waals surface area contributed by atoms with Gasteiger partial charge < -0.3 is 5.32 Å². The Labute approximate surface area is 152 Å². The highest BCUT2D eigenvalue weighted by Crippen LogP contribution is 2.19. The number of rotatable bonds is 7. The molecule has 0 bridgehead atoms. The minimum Gasteiger partial charge on any atom is -0.349 e. The van der Waals surface area contributed by atoms with E-state index in [0.717, 1.165) is 35.2 Å². The van der Waals surface area contributed by atoms with Gasteiger partial charge in [-0.3, -0.25) is 14.9 Å². The van der Waals surface area contributed by atoms with Crippen LogP contribution in [0.1, 0.15) is 42.6 Å². The number of aryl methyl sites for hydroxylation is 2. The lowest BCUT2D eigenvalue weighted by molar-refractivity contribution is -0.121. The van der Waals surface area contributed by atoms with Crippen molar-refractivity contribution in [3.63, 3.8) is 0 Å². The Hall–Kier alpha value is -3.09. The molecule has 0 aliphatic rings. The molecule has 7 heteroatoms. The van der Waals surface area contributed by atoms with Gasteiger partial charge in [-0.05, 0) is 44.4 Å². The van der Waals surface area contributed by atoms with Crippen molar-refractivity contribution in [2.75, 3.05) is 0 Å².